The van der Waals surface area contributed by atoms with Gasteiger partial charge in [-0.15, -0.1) is 0 Å². The SMILES string of the molecule is CN(C)CC1(O)CCN(C(=O)CCC(=O)NC2CCCCCC2)CC1. The summed E-state index contributed by atoms with van der Waals surface area (Å²) in [6, 6.07) is 0.293. The minimum absolute atomic E-state index is 0.00127. The van der Waals surface area contributed by atoms with Gasteiger partial charge in [-0.3, -0.25) is 9.59 Å². The Morgan fingerprint density at radius 2 is 1.68 bits per heavy atom. The second kappa shape index (κ2) is 9.53. The number of carbonyl (C=O) groups excluding carboxylic acids is 2. The molecule has 0 atom stereocenters. The van der Waals surface area contributed by atoms with Crippen LogP contribution in [0.25, 0.3) is 0 Å². The smallest absolute Gasteiger partial charge is 0.223 e. The number of likely N-dealkylation sites (N-methyl/N-ethyl adjacent to an activating group) is 1. The lowest BCUT2D eigenvalue weighted by Gasteiger charge is -2.39. The minimum Gasteiger partial charge on any atom is -0.388 e. The third kappa shape index (κ3) is 6.94. The molecule has 0 radical (unpaired) electrons. The Labute approximate surface area is 151 Å². The zero-order valence-electron chi connectivity index (χ0n) is 15.9. The maximum Gasteiger partial charge on any atom is 0.223 e. The number of nitrogens with zero attached hydrogens (tertiary/aromatic N) is 2. The van der Waals surface area contributed by atoms with Crippen LogP contribution >= 0.6 is 0 Å². The summed E-state index contributed by atoms with van der Waals surface area (Å²) in [5, 5.41) is 13.6. The van der Waals surface area contributed by atoms with Crippen LogP contribution in [0.2, 0.25) is 0 Å². The molecule has 25 heavy (non-hydrogen) atoms. The summed E-state index contributed by atoms with van der Waals surface area (Å²) in [7, 11) is 3.89. The summed E-state index contributed by atoms with van der Waals surface area (Å²) in [4.78, 5) is 28.2. The van der Waals surface area contributed by atoms with Crippen LogP contribution in [0.3, 0.4) is 0 Å². The number of hydrogen-bond acceptors (Lipinski definition) is 4. The quantitative estimate of drug-likeness (QED) is 0.710. The molecule has 2 rings (SSSR count). The number of piperidine rings is 1. The largest absolute Gasteiger partial charge is 0.388 e. The predicted molar refractivity (Wildman–Crippen MR) is 98.2 cm³/mol. The number of likely N-dealkylation sites (tertiary alicyclic amines) is 1. The van der Waals surface area contributed by atoms with Crippen molar-refractivity contribution in [2.75, 3.05) is 33.7 Å². The summed E-state index contributed by atoms with van der Waals surface area (Å²) >= 11 is 0. The third-order valence-corrected chi connectivity index (χ3v) is 5.44. The molecule has 1 aliphatic heterocycles. The van der Waals surface area contributed by atoms with Crippen LogP contribution in [0.4, 0.5) is 0 Å². The molecule has 1 aliphatic carbocycles. The molecular formula is C19H35N3O3. The number of nitrogens with one attached hydrogen (secondary N) is 1. The molecule has 0 aromatic carbocycles. The highest BCUT2D eigenvalue weighted by Crippen LogP contribution is 2.23. The lowest BCUT2D eigenvalue weighted by molar-refractivity contribution is -0.137. The lowest BCUT2D eigenvalue weighted by Crippen LogP contribution is -2.51. The molecule has 2 N–H and O–H groups in total. The fourth-order valence-electron chi connectivity index (χ4n) is 4.02. The lowest BCUT2D eigenvalue weighted by atomic mass is 9.91. The summed E-state index contributed by atoms with van der Waals surface area (Å²) in [5.41, 5.74) is -0.697. The fraction of sp³-hybridized carbons (Fsp3) is 0.895. The molecule has 0 bridgehead atoms. The van der Waals surface area contributed by atoms with Crippen LogP contribution in [0.15, 0.2) is 0 Å². The average molecular weight is 354 g/mol. The van der Waals surface area contributed by atoms with Crippen molar-refractivity contribution in [3.8, 4) is 0 Å². The summed E-state index contributed by atoms with van der Waals surface area (Å²) in [5.74, 6) is 0.0318. The Morgan fingerprint density at radius 1 is 1.08 bits per heavy atom. The van der Waals surface area contributed by atoms with Gasteiger partial charge in [0.2, 0.25) is 11.8 Å². The van der Waals surface area contributed by atoms with Crippen LogP contribution in [-0.4, -0.2) is 72.1 Å². The van der Waals surface area contributed by atoms with E-state index in [1.165, 1.54) is 25.7 Å². The van der Waals surface area contributed by atoms with Crippen molar-refractivity contribution in [3.05, 3.63) is 0 Å². The van der Waals surface area contributed by atoms with E-state index in [-0.39, 0.29) is 24.7 Å². The molecule has 144 valence electrons. The molecule has 6 heteroatoms. The zero-order chi connectivity index (χ0) is 18.3. The molecule has 0 aromatic heterocycles. The van der Waals surface area contributed by atoms with Gasteiger partial charge < -0.3 is 20.2 Å². The minimum atomic E-state index is -0.697. The monoisotopic (exact) mass is 353 g/mol. The molecule has 1 heterocycles. The van der Waals surface area contributed by atoms with Crippen LogP contribution in [-0.2, 0) is 9.59 Å². The van der Waals surface area contributed by atoms with Gasteiger partial charge in [0.1, 0.15) is 0 Å². The molecule has 2 aliphatic rings. The third-order valence-electron chi connectivity index (χ3n) is 5.44. The van der Waals surface area contributed by atoms with Crippen molar-refractivity contribution < 1.29 is 14.7 Å². The van der Waals surface area contributed by atoms with Gasteiger partial charge in [-0.25, -0.2) is 0 Å². The Bertz CT molecular complexity index is 437. The first-order valence-corrected chi connectivity index (χ1v) is 9.82. The second-order valence-corrected chi connectivity index (χ2v) is 8.10. The predicted octanol–water partition coefficient (Wildman–Crippen LogP) is 1.52. The van der Waals surface area contributed by atoms with Crippen molar-refractivity contribution in [1.29, 1.82) is 0 Å². The van der Waals surface area contributed by atoms with Gasteiger partial charge in [0, 0.05) is 38.5 Å². The standard InChI is InChI=1S/C19H35N3O3/c1-21(2)15-19(25)11-13-22(14-12-19)18(24)10-9-17(23)20-16-7-5-3-4-6-8-16/h16,25H,3-15H2,1-2H3,(H,20,23). The van der Waals surface area contributed by atoms with E-state index in [0.717, 1.165) is 12.8 Å². The van der Waals surface area contributed by atoms with Crippen molar-refractivity contribution >= 4 is 11.8 Å². The number of aliphatic hydroxyl groups is 1. The van der Waals surface area contributed by atoms with Crippen LogP contribution in [0, 0.1) is 0 Å². The molecule has 6 nitrogen and oxygen atoms in total. The Balaban J connectivity index is 1.67. The summed E-state index contributed by atoms with van der Waals surface area (Å²) in [6.45, 7) is 1.78. The molecule has 2 amide bonds. The maximum atomic E-state index is 12.3. The van der Waals surface area contributed by atoms with Gasteiger partial charge in [0.15, 0.2) is 0 Å². The number of carbonyl (C=O) groups is 2. The van der Waals surface area contributed by atoms with E-state index in [1.54, 1.807) is 4.90 Å². The molecule has 0 unspecified atom stereocenters. The Kier molecular flexibility index (Phi) is 7.69. The highest BCUT2D eigenvalue weighted by Gasteiger charge is 2.34. The number of rotatable bonds is 6. The van der Waals surface area contributed by atoms with Crippen LogP contribution in [0.5, 0.6) is 0 Å². The van der Waals surface area contributed by atoms with Crippen molar-refractivity contribution in [2.24, 2.45) is 0 Å². The van der Waals surface area contributed by atoms with E-state index >= 15 is 0 Å². The Morgan fingerprint density at radius 3 is 2.24 bits per heavy atom. The van der Waals surface area contributed by atoms with Gasteiger partial charge >= 0.3 is 0 Å². The van der Waals surface area contributed by atoms with Crippen molar-refractivity contribution in [2.45, 2.75) is 75.9 Å². The molecular weight excluding hydrogens is 318 g/mol. The molecule has 0 spiro atoms. The van der Waals surface area contributed by atoms with E-state index < -0.39 is 5.60 Å². The second-order valence-electron chi connectivity index (χ2n) is 8.10. The van der Waals surface area contributed by atoms with Gasteiger partial charge in [-0.05, 0) is 39.8 Å². The highest BCUT2D eigenvalue weighted by atomic mass is 16.3. The molecule has 1 saturated heterocycles. The summed E-state index contributed by atoms with van der Waals surface area (Å²) < 4.78 is 0. The first kappa shape index (κ1) is 20.2. The van der Waals surface area contributed by atoms with Crippen molar-refractivity contribution in [1.82, 2.24) is 15.1 Å². The number of hydrogen-bond donors (Lipinski definition) is 2. The van der Waals surface area contributed by atoms with Crippen molar-refractivity contribution in [3.63, 3.8) is 0 Å². The normalized spacial score (nSPS) is 21.8. The highest BCUT2D eigenvalue weighted by molar-refractivity contribution is 5.84. The number of amides is 2. The van der Waals surface area contributed by atoms with Crippen LogP contribution in [0.1, 0.15) is 64.2 Å². The molecule has 2 fully saturated rings. The average Bonchev–Trinajstić information content (AvgIpc) is 2.81. The fourth-order valence-corrected chi connectivity index (χ4v) is 4.02. The van der Waals surface area contributed by atoms with Gasteiger partial charge in [-0.2, -0.15) is 0 Å². The summed E-state index contributed by atoms with van der Waals surface area (Å²) in [6.07, 6.45) is 8.78. The van der Waals surface area contributed by atoms with E-state index in [9.17, 15) is 14.7 Å². The van der Waals surface area contributed by atoms with E-state index in [2.05, 4.69) is 5.32 Å². The topological polar surface area (TPSA) is 72.9 Å². The van der Waals surface area contributed by atoms with E-state index in [1.807, 2.05) is 19.0 Å². The van der Waals surface area contributed by atoms with E-state index in [4.69, 9.17) is 0 Å². The molecule has 0 aromatic rings. The van der Waals surface area contributed by atoms with Gasteiger partial charge in [0.25, 0.3) is 0 Å². The first-order chi connectivity index (χ1) is 11.9. The Hall–Kier alpha value is -1.14. The van der Waals surface area contributed by atoms with E-state index in [0.29, 0.717) is 38.5 Å². The first-order valence-electron chi connectivity index (χ1n) is 9.82. The van der Waals surface area contributed by atoms with Gasteiger partial charge in [0.05, 0.1) is 5.60 Å². The molecule has 1 saturated carbocycles. The van der Waals surface area contributed by atoms with Crippen LogP contribution < -0.4 is 5.32 Å². The maximum absolute atomic E-state index is 12.3. The van der Waals surface area contributed by atoms with Gasteiger partial charge in [-0.1, -0.05) is 25.7 Å². The zero-order valence-corrected chi connectivity index (χ0v) is 15.9.